The molecule has 0 unspecified atom stereocenters. The zero-order valence-corrected chi connectivity index (χ0v) is 14.4. The van der Waals surface area contributed by atoms with E-state index in [1.165, 1.54) is 17.8 Å². The van der Waals surface area contributed by atoms with E-state index in [0.29, 0.717) is 12.4 Å². The van der Waals surface area contributed by atoms with Crippen molar-refractivity contribution >= 4 is 28.8 Å². The van der Waals surface area contributed by atoms with Gasteiger partial charge in [-0.1, -0.05) is 30.0 Å². The van der Waals surface area contributed by atoms with Crippen LogP contribution in [0.1, 0.15) is 0 Å². The Balaban J connectivity index is 1.57. The van der Waals surface area contributed by atoms with Crippen molar-refractivity contribution in [2.45, 2.75) is 5.16 Å². The van der Waals surface area contributed by atoms with Gasteiger partial charge in [-0.05, 0) is 17.5 Å². The Morgan fingerprint density at radius 1 is 1.29 bits per heavy atom. The SMILES string of the molecule is Cn1c(SCCOc2ccccc2[N+](=O)[O-])nnc1-c1cccs1. The van der Waals surface area contributed by atoms with Gasteiger partial charge < -0.3 is 9.30 Å². The monoisotopic (exact) mass is 362 g/mol. The largest absolute Gasteiger partial charge is 0.486 e. The summed E-state index contributed by atoms with van der Waals surface area (Å²) in [6.45, 7) is 0.344. The van der Waals surface area contributed by atoms with Crippen LogP contribution in [0, 0.1) is 10.1 Å². The molecule has 0 atom stereocenters. The molecule has 0 radical (unpaired) electrons. The predicted octanol–water partition coefficient (Wildman–Crippen LogP) is 3.62. The zero-order chi connectivity index (χ0) is 16.9. The van der Waals surface area contributed by atoms with Crippen LogP contribution in [0.5, 0.6) is 5.75 Å². The van der Waals surface area contributed by atoms with Gasteiger partial charge in [-0.25, -0.2) is 0 Å². The minimum atomic E-state index is -0.446. The van der Waals surface area contributed by atoms with E-state index in [9.17, 15) is 10.1 Å². The Morgan fingerprint density at radius 3 is 2.88 bits per heavy atom. The summed E-state index contributed by atoms with van der Waals surface area (Å²) < 4.78 is 7.45. The number of rotatable bonds is 7. The lowest BCUT2D eigenvalue weighted by molar-refractivity contribution is -0.385. The average molecular weight is 362 g/mol. The number of nitrogens with zero attached hydrogens (tertiary/aromatic N) is 4. The Bertz CT molecular complexity index is 833. The predicted molar refractivity (Wildman–Crippen MR) is 93.6 cm³/mol. The summed E-state index contributed by atoms with van der Waals surface area (Å²) in [7, 11) is 1.92. The van der Waals surface area contributed by atoms with Crippen molar-refractivity contribution in [3.8, 4) is 16.5 Å². The van der Waals surface area contributed by atoms with E-state index in [1.54, 1.807) is 29.5 Å². The molecule has 0 aliphatic carbocycles. The number of benzene rings is 1. The van der Waals surface area contributed by atoms with Crippen molar-refractivity contribution in [3.63, 3.8) is 0 Å². The topological polar surface area (TPSA) is 83.1 Å². The maximum Gasteiger partial charge on any atom is 0.310 e. The van der Waals surface area contributed by atoms with Gasteiger partial charge in [0.25, 0.3) is 0 Å². The second-order valence-electron chi connectivity index (χ2n) is 4.76. The van der Waals surface area contributed by atoms with Gasteiger partial charge in [0.1, 0.15) is 0 Å². The van der Waals surface area contributed by atoms with Gasteiger partial charge in [0, 0.05) is 18.9 Å². The molecular weight excluding hydrogens is 348 g/mol. The number of hydrogen-bond acceptors (Lipinski definition) is 7. The molecule has 0 amide bonds. The van der Waals surface area contributed by atoms with Crippen LogP contribution in [0.3, 0.4) is 0 Å². The number of hydrogen-bond donors (Lipinski definition) is 0. The molecule has 0 bridgehead atoms. The van der Waals surface area contributed by atoms with Crippen LogP contribution in [0.15, 0.2) is 46.9 Å². The molecule has 0 aliphatic heterocycles. The maximum absolute atomic E-state index is 10.9. The van der Waals surface area contributed by atoms with Gasteiger partial charge in [0.15, 0.2) is 16.7 Å². The van der Waals surface area contributed by atoms with E-state index in [-0.39, 0.29) is 11.4 Å². The van der Waals surface area contributed by atoms with Gasteiger partial charge in [0.2, 0.25) is 0 Å². The van der Waals surface area contributed by atoms with Crippen LogP contribution in [0.25, 0.3) is 10.7 Å². The molecule has 0 saturated carbocycles. The van der Waals surface area contributed by atoms with Crippen molar-refractivity contribution in [3.05, 3.63) is 51.9 Å². The molecule has 7 nitrogen and oxygen atoms in total. The van der Waals surface area contributed by atoms with E-state index >= 15 is 0 Å². The summed E-state index contributed by atoms with van der Waals surface area (Å²) in [6.07, 6.45) is 0. The summed E-state index contributed by atoms with van der Waals surface area (Å²) in [5.41, 5.74) is -0.0267. The summed E-state index contributed by atoms with van der Waals surface area (Å²) >= 11 is 3.11. The van der Waals surface area contributed by atoms with Gasteiger partial charge >= 0.3 is 5.69 Å². The molecule has 2 aromatic heterocycles. The molecule has 3 rings (SSSR count). The van der Waals surface area contributed by atoms with E-state index in [4.69, 9.17) is 4.74 Å². The van der Waals surface area contributed by atoms with Gasteiger partial charge in [0.05, 0.1) is 16.4 Å². The Kier molecular flexibility index (Phi) is 5.11. The minimum Gasteiger partial charge on any atom is -0.486 e. The highest BCUT2D eigenvalue weighted by molar-refractivity contribution is 7.99. The fraction of sp³-hybridized carbons (Fsp3) is 0.200. The third-order valence-corrected chi connectivity index (χ3v) is 5.06. The molecule has 0 fully saturated rings. The lowest BCUT2D eigenvalue weighted by atomic mass is 10.3. The summed E-state index contributed by atoms with van der Waals surface area (Å²) in [5.74, 6) is 1.72. The highest BCUT2D eigenvalue weighted by atomic mass is 32.2. The van der Waals surface area contributed by atoms with Crippen molar-refractivity contribution in [1.82, 2.24) is 14.8 Å². The number of thiophene rings is 1. The highest BCUT2D eigenvalue weighted by Gasteiger charge is 2.14. The van der Waals surface area contributed by atoms with Crippen LogP contribution in [-0.4, -0.2) is 32.0 Å². The lowest BCUT2D eigenvalue weighted by Crippen LogP contribution is -2.03. The molecule has 0 saturated heterocycles. The molecule has 24 heavy (non-hydrogen) atoms. The molecule has 9 heteroatoms. The third kappa shape index (κ3) is 3.57. The number of nitro groups is 1. The molecule has 3 aromatic rings. The first-order valence-corrected chi connectivity index (χ1v) is 8.95. The molecule has 0 N–H and O–H groups in total. The van der Waals surface area contributed by atoms with E-state index < -0.39 is 4.92 Å². The number of ether oxygens (including phenoxy) is 1. The first-order chi connectivity index (χ1) is 11.7. The first-order valence-electron chi connectivity index (χ1n) is 7.09. The van der Waals surface area contributed by atoms with Crippen LogP contribution in [0.4, 0.5) is 5.69 Å². The normalized spacial score (nSPS) is 10.7. The van der Waals surface area contributed by atoms with Crippen LogP contribution < -0.4 is 4.74 Å². The Morgan fingerprint density at radius 2 is 2.12 bits per heavy atom. The molecule has 0 spiro atoms. The van der Waals surface area contributed by atoms with Crippen molar-refractivity contribution < 1.29 is 9.66 Å². The average Bonchev–Trinajstić information content (AvgIpc) is 3.22. The number of aromatic nitrogens is 3. The second-order valence-corrected chi connectivity index (χ2v) is 6.77. The third-order valence-electron chi connectivity index (χ3n) is 3.21. The number of nitro benzene ring substituents is 1. The van der Waals surface area contributed by atoms with Gasteiger partial charge in [-0.15, -0.1) is 21.5 Å². The van der Waals surface area contributed by atoms with E-state index in [1.807, 2.05) is 29.1 Å². The van der Waals surface area contributed by atoms with Crippen molar-refractivity contribution in [2.24, 2.45) is 7.05 Å². The van der Waals surface area contributed by atoms with E-state index in [0.717, 1.165) is 15.9 Å². The van der Waals surface area contributed by atoms with Crippen molar-refractivity contribution in [1.29, 1.82) is 0 Å². The fourth-order valence-corrected chi connectivity index (χ4v) is 3.55. The summed E-state index contributed by atoms with van der Waals surface area (Å²) in [4.78, 5) is 11.6. The second kappa shape index (κ2) is 7.45. The number of para-hydroxylation sites is 2. The highest BCUT2D eigenvalue weighted by Crippen LogP contribution is 2.27. The standard InChI is InChI=1S/C15H14N4O3S2/c1-18-14(13-7-4-9-23-13)16-17-15(18)24-10-8-22-12-6-3-2-5-11(12)19(20)21/h2-7,9H,8,10H2,1H3. The van der Waals surface area contributed by atoms with Crippen molar-refractivity contribution in [2.75, 3.05) is 12.4 Å². The maximum atomic E-state index is 10.9. The molecular formula is C15H14N4O3S2. The first kappa shape index (κ1) is 16.5. The fourth-order valence-electron chi connectivity index (χ4n) is 2.08. The molecule has 0 aliphatic rings. The van der Waals surface area contributed by atoms with Crippen LogP contribution in [0.2, 0.25) is 0 Å². The van der Waals surface area contributed by atoms with Crippen LogP contribution >= 0.6 is 23.1 Å². The smallest absolute Gasteiger partial charge is 0.310 e. The zero-order valence-electron chi connectivity index (χ0n) is 12.8. The Hall–Kier alpha value is -2.39. The van der Waals surface area contributed by atoms with Gasteiger partial charge in [-0.2, -0.15) is 0 Å². The quantitative estimate of drug-likeness (QED) is 0.276. The minimum absolute atomic E-state index is 0.0267. The summed E-state index contributed by atoms with van der Waals surface area (Å²) in [5, 5.41) is 22.1. The Labute approximate surface area is 146 Å². The molecule has 1 aromatic carbocycles. The van der Waals surface area contributed by atoms with Gasteiger partial charge in [-0.3, -0.25) is 10.1 Å². The molecule has 124 valence electrons. The summed E-state index contributed by atoms with van der Waals surface area (Å²) in [6, 6.07) is 10.3. The number of thioether (sulfide) groups is 1. The van der Waals surface area contributed by atoms with Crippen LogP contribution in [-0.2, 0) is 7.05 Å². The lowest BCUT2D eigenvalue weighted by Gasteiger charge is -2.06. The van der Waals surface area contributed by atoms with E-state index in [2.05, 4.69) is 10.2 Å². The molecule has 2 heterocycles.